The minimum absolute atomic E-state index is 0.273. The number of esters is 1. The number of carbonyl (C=O) groups excluding carboxylic acids is 2. The van der Waals surface area contributed by atoms with Crippen LogP contribution in [0.5, 0.6) is 0 Å². The van der Waals surface area contributed by atoms with Crippen LogP contribution in [-0.4, -0.2) is 18.9 Å². The predicted octanol–water partition coefficient (Wildman–Crippen LogP) is 2.87. The van der Waals surface area contributed by atoms with Gasteiger partial charge in [-0.25, -0.2) is 13.6 Å². The Hall–Kier alpha value is -1.49. The molecule has 1 aromatic rings. The highest BCUT2D eigenvalue weighted by Crippen LogP contribution is 2.29. The molecule has 6 heteroatoms. The average molecular weight is 263 g/mol. The SMILES string of the molecule is COC(=O)C(F)c1cc(C(C)=O)c(F)cc1Cl. The van der Waals surface area contributed by atoms with Gasteiger partial charge in [0, 0.05) is 5.56 Å². The number of rotatable bonds is 3. The highest BCUT2D eigenvalue weighted by atomic mass is 35.5. The number of methoxy groups -OCH3 is 1. The van der Waals surface area contributed by atoms with Crippen molar-refractivity contribution in [1.29, 1.82) is 0 Å². The standard InChI is InChI=1S/C11H9ClF2O3/c1-5(15)6-3-7(8(12)4-9(6)13)10(14)11(16)17-2/h3-4,10H,1-2H3. The van der Waals surface area contributed by atoms with E-state index in [0.29, 0.717) is 0 Å². The van der Waals surface area contributed by atoms with Crippen LogP contribution in [0.15, 0.2) is 12.1 Å². The quantitative estimate of drug-likeness (QED) is 0.621. The highest BCUT2D eigenvalue weighted by Gasteiger charge is 2.25. The Bertz CT molecular complexity index is 474. The molecule has 0 amide bonds. The number of hydrogen-bond acceptors (Lipinski definition) is 3. The van der Waals surface area contributed by atoms with E-state index in [1.165, 1.54) is 0 Å². The number of hydrogen-bond donors (Lipinski definition) is 0. The highest BCUT2D eigenvalue weighted by molar-refractivity contribution is 6.31. The van der Waals surface area contributed by atoms with Crippen LogP contribution in [0.25, 0.3) is 0 Å². The van der Waals surface area contributed by atoms with Crippen molar-refractivity contribution in [2.75, 3.05) is 7.11 Å². The van der Waals surface area contributed by atoms with E-state index in [4.69, 9.17) is 11.6 Å². The number of halogens is 3. The first-order chi connectivity index (χ1) is 7.88. The number of ether oxygens (including phenoxy) is 1. The molecule has 0 aliphatic carbocycles. The van der Waals surface area contributed by atoms with Gasteiger partial charge in [-0.1, -0.05) is 11.6 Å². The normalized spacial score (nSPS) is 12.1. The van der Waals surface area contributed by atoms with Crippen molar-refractivity contribution < 1.29 is 23.1 Å². The lowest BCUT2D eigenvalue weighted by atomic mass is 10.0. The number of alkyl halides is 1. The summed E-state index contributed by atoms with van der Waals surface area (Å²) in [5, 5.41) is -0.273. The van der Waals surface area contributed by atoms with Crippen LogP contribution < -0.4 is 0 Å². The predicted molar refractivity (Wildman–Crippen MR) is 57.3 cm³/mol. The van der Waals surface area contributed by atoms with Gasteiger partial charge in [0.2, 0.25) is 6.17 Å². The molecule has 0 radical (unpaired) electrons. The summed E-state index contributed by atoms with van der Waals surface area (Å²) in [6.07, 6.45) is -2.15. The molecule has 3 nitrogen and oxygen atoms in total. The molecule has 1 rings (SSSR count). The van der Waals surface area contributed by atoms with Gasteiger partial charge in [0.15, 0.2) is 5.78 Å². The van der Waals surface area contributed by atoms with E-state index in [9.17, 15) is 18.4 Å². The van der Waals surface area contributed by atoms with E-state index in [-0.39, 0.29) is 16.1 Å². The number of benzene rings is 1. The summed E-state index contributed by atoms with van der Waals surface area (Å²) in [5.41, 5.74) is -0.610. The van der Waals surface area contributed by atoms with E-state index >= 15 is 0 Å². The molecule has 0 aliphatic heterocycles. The summed E-state index contributed by atoms with van der Waals surface area (Å²) in [5.74, 6) is -2.60. The van der Waals surface area contributed by atoms with Crippen LogP contribution in [0, 0.1) is 5.82 Å². The molecule has 17 heavy (non-hydrogen) atoms. The smallest absolute Gasteiger partial charge is 0.345 e. The Morgan fingerprint density at radius 1 is 1.41 bits per heavy atom. The van der Waals surface area contributed by atoms with Gasteiger partial charge in [-0.2, -0.15) is 0 Å². The summed E-state index contributed by atoms with van der Waals surface area (Å²) in [6, 6.07) is 1.71. The Morgan fingerprint density at radius 2 is 2.00 bits per heavy atom. The average Bonchev–Trinajstić information content (AvgIpc) is 2.26. The second kappa shape index (κ2) is 5.23. The molecule has 1 aromatic carbocycles. The molecule has 0 saturated heterocycles. The van der Waals surface area contributed by atoms with Gasteiger partial charge in [0.25, 0.3) is 0 Å². The summed E-state index contributed by atoms with van der Waals surface area (Å²) in [6.45, 7) is 1.13. The van der Waals surface area contributed by atoms with E-state index in [1.807, 2.05) is 0 Å². The van der Waals surface area contributed by atoms with Crippen LogP contribution in [0.1, 0.15) is 29.0 Å². The molecule has 0 N–H and O–H groups in total. The van der Waals surface area contributed by atoms with Gasteiger partial charge in [0.05, 0.1) is 17.7 Å². The molecule has 1 unspecified atom stereocenters. The van der Waals surface area contributed by atoms with Crippen LogP contribution >= 0.6 is 11.6 Å². The molecular formula is C11H9ClF2O3. The summed E-state index contributed by atoms with van der Waals surface area (Å²) >= 11 is 5.60. The Morgan fingerprint density at radius 3 is 2.47 bits per heavy atom. The largest absolute Gasteiger partial charge is 0.467 e. The molecule has 92 valence electrons. The van der Waals surface area contributed by atoms with E-state index in [0.717, 1.165) is 26.2 Å². The molecule has 0 fully saturated rings. The fourth-order valence-corrected chi connectivity index (χ4v) is 1.51. The van der Waals surface area contributed by atoms with Gasteiger partial charge < -0.3 is 4.74 Å². The van der Waals surface area contributed by atoms with Crippen LogP contribution in [0.2, 0.25) is 5.02 Å². The van der Waals surface area contributed by atoms with Crippen molar-refractivity contribution in [3.8, 4) is 0 Å². The van der Waals surface area contributed by atoms with E-state index in [1.54, 1.807) is 0 Å². The molecule has 0 heterocycles. The lowest BCUT2D eigenvalue weighted by Crippen LogP contribution is -2.11. The fourth-order valence-electron chi connectivity index (χ4n) is 1.26. The maximum atomic E-state index is 13.6. The minimum atomic E-state index is -2.15. The van der Waals surface area contributed by atoms with Crippen molar-refractivity contribution in [1.82, 2.24) is 0 Å². The van der Waals surface area contributed by atoms with Gasteiger partial charge in [0.1, 0.15) is 5.82 Å². The lowest BCUT2D eigenvalue weighted by molar-refractivity contribution is -0.146. The molecule has 0 aliphatic rings. The third-order valence-corrected chi connectivity index (χ3v) is 2.47. The molecule has 0 spiro atoms. The maximum Gasteiger partial charge on any atom is 0.345 e. The van der Waals surface area contributed by atoms with Crippen molar-refractivity contribution in [3.63, 3.8) is 0 Å². The van der Waals surface area contributed by atoms with Gasteiger partial charge in [-0.05, 0) is 19.1 Å². The van der Waals surface area contributed by atoms with Gasteiger partial charge in [-0.15, -0.1) is 0 Å². The van der Waals surface area contributed by atoms with Crippen molar-refractivity contribution in [3.05, 3.63) is 34.1 Å². The molecule has 0 aromatic heterocycles. The molecule has 0 saturated carbocycles. The monoisotopic (exact) mass is 262 g/mol. The third kappa shape index (κ3) is 2.79. The van der Waals surface area contributed by atoms with Crippen LogP contribution in [0.4, 0.5) is 8.78 Å². The van der Waals surface area contributed by atoms with Crippen molar-refractivity contribution >= 4 is 23.4 Å². The molecule has 1 atom stereocenters. The fraction of sp³-hybridized carbons (Fsp3) is 0.273. The summed E-state index contributed by atoms with van der Waals surface area (Å²) in [4.78, 5) is 22.1. The Balaban J connectivity index is 3.29. The Labute approximate surface area is 101 Å². The van der Waals surface area contributed by atoms with E-state index in [2.05, 4.69) is 4.74 Å². The zero-order chi connectivity index (χ0) is 13.2. The first-order valence-corrected chi connectivity index (χ1v) is 4.98. The second-order valence-electron chi connectivity index (χ2n) is 3.30. The first kappa shape index (κ1) is 13.6. The van der Waals surface area contributed by atoms with E-state index < -0.39 is 23.7 Å². The van der Waals surface area contributed by atoms with Crippen LogP contribution in [0.3, 0.4) is 0 Å². The first-order valence-electron chi connectivity index (χ1n) is 4.60. The maximum absolute atomic E-state index is 13.6. The van der Waals surface area contributed by atoms with Gasteiger partial charge in [-0.3, -0.25) is 4.79 Å². The summed E-state index contributed by atoms with van der Waals surface area (Å²) < 4.78 is 31.1. The zero-order valence-corrected chi connectivity index (χ0v) is 9.85. The number of ketones is 1. The minimum Gasteiger partial charge on any atom is -0.467 e. The number of carbonyl (C=O) groups is 2. The topological polar surface area (TPSA) is 43.4 Å². The third-order valence-electron chi connectivity index (χ3n) is 2.15. The zero-order valence-electron chi connectivity index (χ0n) is 9.09. The molecule has 0 bridgehead atoms. The van der Waals surface area contributed by atoms with Crippen LogP contribution in [-0.2, 0) is 9.53 Å². The Kier molecular flexibility index (Phi) is 4.17. The van der Waals surface area contributed by atoms with Gasteiger partial charge >= 0.3 is 5.97 Å². The number of Topliss-reactive ketones (excluding diaryl/α,β-unsaturated/α-hetero) is 1. The summed E-state index contributed by atoms with van der Waals surface area (Å²) in [7, 11) is 1.01. The van der Waals surface area contributed by atoms with Crippen molar-refractivity contribution in [2.45, 2.75) is 13.1 Å². The molecular weight excluding hydrogens is 254 g/mol. The second-order valence-corrected chi connectivity index (χ2v) is 3.70. The van der Waals surface area contributed by atoms with Crippen molar-refractivity contribution in [2.24, 2.45) is 0 Å². The lowest BCUT2D eigenvalue weighted by Gasteiger charge is -2.10.